The smallest absolute Gasteiger partial charge is 0.220 e. The van der Waals surface area contributed by atoms with Gasteiger partial charge in [0.15, 0.2) is 0 Å². The summed E-state index contributed by atoms with van der Waals surface area (Å²) in [5.74, 6) is 2.55. The van der Waals surface area contributed by atoms with Crippen LogP contribution in [0.15, 0.2) is 48.7 Å². The largest absolute Gasteiger partial charge is 0.437 e. The molecule has 1 atom stereocenters. The van der Waals surface area contributed by atoms with Crippen molar-refractivity contribution in [3.63, 3.8) is 0 Å². The highest BCUT2D eigenvalue weighted by Gasteiger charge is 2.34. The maximum atomic E-state index is 11.3. The third-order valence-electron chi connectivity index (χ3n) is 8.35. The average molecular weight is 612 g/mol. The molecule has 1 aromatic carbocycles. The van der Waals surface area contributed by atoms with E-state index >= 15 is 0 Å². The second-order valence-corrected chi connectivity index (χ2v) is 13.1. The van der Waals surface area contributed by atoms with E-state index < -0.39 is 0 Å². The van der Waals surface area contributed by atoms with Gasteiger partial charge in [-0.1, -0.05) is 37.0 Å². The lowest BCUT2D eigenvalue weighted by atomic mass is 9.80. The Morgan fingerprint density at radius 2 is 1.81 bits per heavy atom. The molecule has 42 heavy (non-hydrogen) atoms. The number of nitrogens with two attached hydrogens (primary N) is 1. The molecule has 10 heteroatoms. The van der Waals surface area contributed by atoms with Gasteiger partial charge in [0.2, 0.25) is 11.8 Å². The number of anilines is 1. The average Bonchev–Trinajstić information content (AvgIpc) is 2.94. The third-order valence-corrected chi connectivity index (χ3v) is 8.79. The lowest BCUT2D eigenvalue weighted by Gasteiger charge is -2.43. The molecular weight excluding hydrogens is 571 g/mol. The van der Waals surface area contributed by atoms with Crippen molar-refractivity contribution in [1.82, 2.24) is 20.2 Å². The van der Waals surface area contributed by atoms with Crippen molar-refractivity contribution < 1.29 is 9.53 Å². The van der Waals surface area contributed by atoms with Crippen molar-refractivity contribution in [2.45, 2.75) is 52.6 Å². The van der Waals surface area contributed by atoms with E-state index in [4.69, 9.17) is 43.6 Å². The number of rotatable bonds is 8. The van der Waals surface area contributed by atoms with E-state index in [1.54, 1.807) is 19.2 Å². The highest BCUT2D eigenvalue weighted by molar-refractivity contribution is 6.35. The minimum absolute atomic E-state index is 0.0276. The zero-order chi connectivity index (χ0) is 29.9. The Morgan fingerprint density at radius 1 is 1.07 bits per heavy atom. The van der Waals surface area contributed by atoms with Crippen molar-refractivity contribution in [3.8, 4) is 22.9 Å². The van der Waals surface area contributed by atoms with Crippen LogP contribution in [0.3, 0.4) is 0 Å². The van der Waals surface area contributed by atoms with Gasteiger partial charge in [-0.3, -0.25) is 9.69 Å². The monoisotopic (exact) mass is 610 g/mol. The minimum Gasteiger partial charge on any atom is -0.437 e. The predicted octanol–water partition coefficient (Wildman–Crippen LogP) is 6.15. The van der Waals surface area contributed by atoms with Crippen LogP contribution in [-0.4, -0.2) is 59.5 Å². The molecule has 2 saturated heterocycles. The van der Waals surface area contributed by atoms with Crippen LogP contribution in [0.5, 0.6) is 11.6 Å². The van der Waals surface area contributed by atoms with E-state index in [2.05, 4.69) is 35.0 Å². The standard InChI is InChI=1S/C32H40Cl2N6O2/c1-21(41)36-17-22-6-9-39(10-7-22)19-23-12-28(24-14-25(33)16-26(34)15-24)38-31(13-23)42-27-4-5-30(37-18-27)40-11-8-29(35)32(2,3)20-40/h4-5,12-16,18,22,29H,6-11,17,19-20,35H2,1-3H3,(H,36,41). The van der Waals surface area contributed by atoms with E-state index in [0.717, 1.165) is 81.2 Å². The van der Waals surface area contributed by atoms with Crippen molar-refractivity contribution in [3.05, 3.63) is 64.3 Å². The molecule has 1 unspecified atom stereocenters. The van der Waals surface area contributed by atoms with Crippen molar-refractivity contribution in [2.75, 3.05) is 37.6 Å². The highest BCUT2D eigenvalue weighted by atomic mass is 35.5. The van der Waals surface area contributed by atoms with Gasteiger partial charge in [0.1, 0.15) is 11.6 Å². The van der Waals surface area contributed by atoms with Crippen molar-refractivity contribution in [2.24, 2.45) is 17.1 Å². The highest BCUT2D eigenvalue weighted by Crippen LogP contribution is 2.33. The number of hydrogen-bond donors (Lipinski definition) is 2. The van der Waals surface area contributed by atoms with Crippen LogP contribution in [-0.2, 0) is 11.3 Å². The van der Waals surface area contributed by atoms with Crippen LogP contribution in [0.25, 0.3) is 11.3 Å². The number of ether oxygens (including phenoxy) is 1. The number of piperidine rings is 2. The SMILES string of the molecule is CC(=O)NCC1CCN(Cc2cc(Oc3ccc(N4CCC(N)C(C)(C)C4)nc3)nc(-c3cc(Cl)cc(Cl)c3)c2)CC1. The van der Waals surface area contributed by atoms with Crippen LogP contribution in [0.4, 0.5) is 5.82 Å². The van der Waals surface area contributed by atoms with Gasteiger partial charge in [-0.25, -0.2) is 9.97 Å². The Balaban J connectivity index is 1.33. The summed E-state index contributed by atoms with van der Waals surface area (Å²) in [6.07, 6.45) is 4.78. The predicted molar refractivity (Wildman–Crippen MR) is 169 cm³/mol. The molecule has 0 radical (unpaired) electrons. The number of carbonyl (C=O) groups is 1. The molecule has 3 N–H and O–H groups in total. The van der Waals surface area contributed by atoms with Gasteiger partial charge in [-0.15, -0.1) is 0 Å². The fraction of sp³-hybridized carbons (Fsp3) is 0.469. The molecule has 5 rings (SSSR count). The van der Waals surface area contributed by atoms with Crippen LogP contribution in [0, 0.1) is 11.3 Å². The first kappa shape index (κ1) is 30.5. The van der Waals surface area contributed by atoms with Gasteiger partial charge in [0, 0.05) is 60.8 Å². The van der Waals surface area contributed by atoms with E-state index in [1.165, 1.54) is 0 Å². The molecule has 0 bridgehead atoms. The minimum atomic E-state index is 0.0276. The zero-order valence-corrected chi connectivity index (χ0v) is 26.1. The molecule has 2 aromatic heterocycles. The summed E-state index contributed by atoms with van der Waals surface area (Å²) in [5.41, 5.74) is 9.01. The Morgan fingerprint density at radius 3 is 2.45 bits per heavy atom. The molecule has 3 aromatic rings. The zero-order valence-electron chi connectivity index (χ0n) is 24.6. The Bertz CT molecular complexity index is 1370. The van der Waals surface area contributed by atoms with Gasteiger partial charge >= 0.3 is 0 Å². The number of pyridine rings is 2. The summed E-state index contributed by atoms with van der Waals surface area (Å²) in [6, 6.07) is 13.6. The van der Waals surface area contributed by atoms with Crippen molar-refractivity contribution >= 4 is 34.9 Å². The van der Waals surface area contributed by atoms with Gasteiger partial charge in [0.25, 0.3) is 0 Å². The Hall–Kier alpha value is -2.91. The molecule has 0 spiro atoms. The molecule has 2 aliphatic rings. The maximum absolute atomic E-state index is 11.3. The van der Waals surface area contributed by atoms with Crippen molar-refractivity contribution in [1.29, 1.82) is 0 Å². The molecule has 2 aliphatic heterocycles. The topological polar surface area (TPSA) is 96.6 Å². The summed E-state index contributed by atoms with van der Waals surface area (Å²) < 4.78 is 6.27. The number of nitrogens with zero attached hydrogens (tertiary/aromatic N) is 4. The lowest BCUT2D eigenvalue weighted by molar-refractivity contribution is -0.119. The second-order valence-electron chi connectivity index (χ2n) is 12.3. The van der Waals surface area contributed by atoms with Crippen LogP contribution < -0.4 is 20.7 Å². The number of likely N-dealkylation sites (tertiary alicyclic amines) is 1. The Labute approximate surface area is 258 Å². The molecule has 2 fully saturated rings. The summed E-state index contributed by atoms with van der Waals surface area (Å²) in [7, 11) is 0. The number of nitrogens with one attached hydrogen (secondary N) is 1. The van der Waals surface area contributed by atoms with Crippen LogP contribution in [0.1, 0.15) is 45.6 Å². The Kier molecular flexibility index (Phi) is 9.57. The molecule has 224 valence electrons. The molecule has 1 amide bonds. The fourth-order valence-electron chi connectivity index (χ4n) is 5.76. The number of halogens is 2. The summed E-state index contributed by atoms with van der Waals surface area (Å²) in [4.78, 5) is 25.5. The van der Waals surface area contributed by atoms with E-state index in [0.29, 0.717) is 27.6 Å². The summed E-state index contributed by atoms with van der Waals surface area (Å²) in [6.45, 7) is 11.2. The summed E-state index contributed by atoms with van der Waals surface area (Å²) in [5, 5.41) is 4.06. The summed E-state index contributed by atoms with van der Waals surface area (Å²) >= 11 is 12.7. The van der Waals surface area contributed by atoms with Gasteiger partial charge < -0.3 is 20.7 Å². The lowest BCUT2D eigenvalue weighted by Crippen LogP contribution is -2.52. The normalized spacial score (nSPS) is 19.5. The quantitative estimate of drug-likeness (QED) is 0.315. The van der Waals surface area contributed by atoms with Crippen LogP contribution >= 0.6 is 23.2 Å². The first-order valence-electron chi connectivity index (χ1n) is 14.6. The molecular formula is C32H40Cl2N6O2. The number of hydrogen-bond acceptors (Lipinski definition) is 7. The van der Waals surface area contributed by atoms with E-state index in [9.17, 15) is 4.79 Å². The van der Waals surface area contributed by atoms with Gasteiger partial charge in [-0.2, -0.15) is 0 Å². The molecule has 4 heterocycles. The van der Waals surface area contributed by atoms with E-state index in [1.807, 2.05) is 30.3 Å². The number of aromatic nitrogens is 2. The number of benzene rings is 1. The first-order valence-corrected chi connectivity index (χ1v) is 15.4. The maximum Gasteiger partial charge on any atom is 0.220 e. The third kappa shape index (κ3) is 7.92. The number of carbonyl (C=O) groups excluding carboxylic acids is 1. The van der Waals surface area contributed by atoms with Gasteiger partial charge in [-0.05, 0) is 85.6 Å². The van der Waals surface area contributed by atoms with Gasteiger partial charge in [0.05, 0.1) is 11.9 Å². The van der Waals surface area contributed by atoms with E-state index in [-0.39, 0.29) is 17.4 Å². The number of amides is 1. The molecule has 8 nitrogen and oxygen atoms in total. The molecule has 0 saturated carbocycles. The van der Waals surface area contributed by atoms with Crippen LogP contribution in [0.2, 0.25) is 10.0 Å². The first-order chi connectivity index (χ1) is 20.0. The second kappa shape index (κ2) is 13.2. The molecule has 0 aliphatic carbocycles. The fourth-order valence-corrected chi connectivity index (χ4v) is 6.28.